The topological polar surface area (TPSA) is 79.1 Å². The van der Waals surface area contributed by atoms with Gasteiger partial charge in [0.25, 0.3) is 0 Å². The SMILES string of the molecule is C[S+]([O-])C(CN1CCOCC1)C(c1ccncn1)n1ccnc1. The van der Waals surface area contributed by atoms with Gasteiger partial charge in [-0.05, 0) is 17.2 Å². The van der Waals surface area contributed by atoms with E-state index in [1.54, 1.807) is 25.0 Å². The molecule has 0 spiro atoms. The summed E-state index contributed by atoms with van der Waals surface area (Å²) in [6.45, 7) is 3.93. The number of ether oxygens (including phenoxy) is 1. The third-order valence-corrected chi connectivity index (χ3v) is 5.33. The molecular formula is C15H21N5O2S. The number of hydrogen-bond acceptors (Lipinski definition) is 6. The molecule has 0 amide bonds. The van der Waals surface area contributed by atoms with Crippen molar-refractivity contribution >= 4 is 11.2 Å². The molecule has 7 nitrogen and oxygen atoms in total. The van der Waals surface area contributed by atoms with Crippen molar-refractivity contribution in [2.75, 3.05) is 39.1 Å². The third kappa shape index (κ3) is 4.08. The molecule has 2 aromatic rings. The fourth-order valence-corrected chi connectivity index (χ4v) is 3.93. The molecule has 0 radical (unpaired) electrons. The maximum Gasteiger partial charge on any atom is 0.154 e. The van der Waals surface area contributed by atoms with E-state index < -0.39 is 11.2 Å². The van der Waals surface area contributed by atoms with Crippen molar-refractivity contribution in [1.82, 2.24) is 24.4 Å². The van der Waals surface area contributed by atoms with Crippen molar-refractivity contribution < 1.29 is 9.29 Å². The Labute approximate surface area is 138 Å². The van der Waals surface area contributed by atoms with Crippen molar-refractivity contribution in [3.8, 4) is 0 Å². The first kappa shape index (κ1) is 16.4. The zero-order chi connectivity index (χ0) is 16.1. The lowest BCUT2D eigenvalue weighted by Gasteiger charge is -2.34. The highest BCUT2D eigenvalue weighted by Crippen LogP contribution is 2.26. The molecule has 0 aromatic carbocycles. The highest BCUT2D eigenvalue weighted by Gasteiger charge is 2.35. The molecule has 0 N–H and O–H groups in total. The number of hydrogen-bond donors (Lipinski definition) is 0. The second-order valence-corrected chi connectivity index (χ2v) is 7.14. The summed E-state index contributed by atoms with van der Waals surface area (Å²) in [4.78, 5) is 14.8. The third-order valence-electron chi connectivity index (χ3n) is 4.07. The van der Waals surface area contributed by atoms with Crippen LogP contribution in [0.1, 0.15) is 11.7 Å². The van der Waals surface area contributed by atoms with E-state index in [0.717, 1.165) is 38.5 Å². The molecule has 0 saturated carbocycles. The van der Waals surface area contributed by atoms with Crippen molar-refractivity contribution in [2.24, 2.45) is 0 Å². The fraction of sp³-hybridized carbons (Fsp3) is 0.533. The molecule has 0 bridgehead atoms. The van der Waals surface area contributed by atoms with Crippen molar-refractivity contribution in [3.63, 3.8) is 0 Å². The summed E-state index contributed by atoms with van der Waals surface area (Å²) >= 11 is -1.01. The maximum atomic E-state index is 12.5. The van der Waals surface area contributed by atoms with Crippen LogP contribution in [0.3, 0.4) is 0 Å². The Morgan fingerprint density at radius 2 is 2.13 bits per heavy atom. The summed E-state index contributed by atoms with van der Waals surface area (Å²) in [6, 6.07) is 1.75. The van der Waals surface area contributed by atoms with E-state index in [9.17, 15) is 4.55 Å². The summed E-state index contributed by atoms with van der Waals surface area (Å²) in [5.41, 5.74) is 0.853. The van der Waals surface area contributed by atoms with Gasteiger partial charge in [-0.1, -0.05) is 0 Å². The van der Waals surface area contributed by atoms with Gasteiger partial charge in [-0.2, -0.15) is 0 Å². The molecular weight excluding hydrogens is 314 g/mol. The number of imidazole rings is 1. The summed E-state index contributed by atoms with van der Waals surface area (Å²) in [7, 11) is 0. The second-order valence-electron chi connectivity index (χ2n) is 5.54. The summed E-state index contributed by atoms with van der Waals surface area (Å²) in [5.74, 6) is 0. The zero-order valence-corrected chi connectivity index (χ0v) is 13.9. The standard InChI is InChI=1S/C15H21N5O2S/c1-23(21)14(10-19-6-8-22-9-7-19)15(20-5-4-17-12-20)13-2-3-16-11-18-13/h2-5,11-12,14-15H,6-10H2,1H3. The molecule has 2 aromatic heterocycles. The molecule has 1 saturated heterocycles. The molecule has 1 aliphatic rings. The van der Waals surface area contributed by atoms with Gasteiger partial charge in [0.05, 0.1) is 31.5 Å². The van der Waals surface area contributed by atoms with Gasteiger partial charge >= 0.3 is 0 Å². The predicted octanol–water partition coefficient (Wildman–Crippen LogP) is 0.342. The Kier molecular flexibility index (Phi) is 5.60. The summed E-state index contributed by atoms with van der Waals surface area (Å²) < 4.78 is 19.9. The average Bonchev–Trinajstić information content (AvgIpc) is 3.10. The molecule has 1 aliphatic heterocycles. The van der Waals surface area contributed by atoms with Crippen molar-refractivity contribution in [3.05, 3.63) is 43.0 Å². The highest BCUT2D eigenvalue weighted by atomic mass is 32.2. The molecule has 3 rings (SSSR count). The predicted molar refractivity (Wildman–Crippen MR) is 87.5 cm³/mol. The van der Waals surface area contributed by atoms with Crippen molar-refractivity contribution in [1.29, 1.82) is 0 Å². The summed E-state index contributed by atoms with van der Waals surface area (Å²) in [5, 5.41) is -0.0859. The van der Waals surface area contributed by atoms with Gasteiger partial charge in [-0.3, -0.25) is 4.90 Å². The molecule has 3 heterocycles. The van der Waals surface area contributed by atoms with Gasteiger partial charge in [0, 0.05) is 38.2 Å². The van der Waals surface area contributed by atoms with Gasteiger partial charge in [0.1, 0.15) is 12.4 Å². The first-order valence-electron chi connectivity index (χ1n) is 7.61. The largest absolute Gasteiger partial charge is 0.616 e. The van der Waals surface area contributed by atoms with E-state index in [-0.39, 0.29) is 11.3 Å². The zero-order valence-electron chi connectivity index (χ0n) is 13.1. The minimum Gasteiger partial charge on any atom is -0.616 e. The molecule has 3 atom stereocenters. The van der Waals surface area contributed by atoms with Gasteiger partial charge in [-0.15, -0.1) is 0 Å². The van der Waals surface area contributed by atoms with Gasteiger partial charge < -0.3 is 13.9 Å². The highest BCUT2D eigenvalue weighted by molar-refractivity contribution is 7.91. The van der Waals surface area contributed by atoms with Crippen LogP contribution in [0.15, 0.2) is 37.3 Å². The van der Waals surface area contributed by atoms with Gasteiger partial charge in [0.15, 0.2) is 5.25 Å². The minimum atomic E-state index is -1.01. The quantitative estimate of drug-likeness (QED) is 0.709. The van der Waals surface area contributed by atoms with E-state index >= 15 is 0 Å². The number of nitrogens with zero attached hydrogens (tertiary/aromatic N) is 5. The Hall–Kier alpha value is -1.48. The first-order chi connectivity index (χ1) is 11.3. The Morgan fingerprint density at radius 3 is 2.74 bits per heavy atom. The smallest absolute Gasteiger partial charge is 0.154 e. The van der Waals surface area contributed by atoms with Crippen LogP contribution < -0.4 is 0 Å². The number of rotatable bonds is 6. The van der Waals surface area contributed by atoms with E-state index in [4.69, 9.17) is 4.74 Å². The number of morpholine rings is 1. The second kappa shape index (κ2) is 7.87. The lowest BCUT2D eigenvalue weighted by Crippen LogP contribution is -2.46. The minimum absolute atomic E-state index is 0.0859. The van der Waals surface area contributed by atoms with Crippen LogP contribution in [0, 0.1) is 0 Å². The van der Waals surface area contributed by atoms with Crippen LogP contribution in [-0.4, -0.2) is 73.3 Å². The van der Waals surface area contributed by atoms with Crippen LogP contribution in [0.5, 0.6) is 0 Å². The van der Waals surface area contributed by atoms with Crippen LogP contribution in [-0.2, 0) is 15.9 Å². The molecule has 1 fully saturated rings. The van der Waals surface area contributed by atoms with Crippen LogP contribution in [0.4, 0.5) is 0 Å². The van der Waals surface area contributed by atoms with Gasteiger partial charge in [0.2, 0.25) is 0 Å². The molecule has 0 aliphatic carbocycles. The Balaban J connectivity index is 1.88. The first-order valence-corrected chi connectivity index (χ1v) is 9.23. The molecule has 124 valence electrons. The van der Waals surface area contributed by atoms with Crippen LogP contribution >= 0.6 is 0 Å². The normalized spacial score (nSPS) is 20.1. The Bertz CT molecular complexity index is 575. The van der Waals surface area contributed by atoms with E-state index in [1.165, 1.54) is 6.33 Å². The number of aromatic nitrogens is 4. The monoisotopic (exact) mass is 335 g/mol. The maximum absolute atomic E-state index is 12.5. The summed E-state index contributed by atoms with van der Waals surface area (Å²) in [6.07, 6.45) is 10.4. The average molecular weight is 335 g/mol. The fourth-order valence-electron chi connectivity index (χ4n) is 2.87. The van der Waals surface area contributed by atoms with Crippen LogP contribution in [0.2, 0.25) is 0 Å². The molecule has 8 heteroatoms. The molecule has 23 heavy (non-hydrogen) atoms. The van der Waals surface area contributed by atoms with Gasteiger partial charge in [-0.25, -0.2) is 15.0 Å². The lowest BCUT2D eigenvalue weighted by molar-refractivity contribution is 0.0366. The van der Waals surface area contributed by atoms with Crippen LogP contribution in [0.25, 0.3) is 0 Å². The lowest BCUT2D eigenvalue weighted by atomic mass is 10.1. The molecule has 3 unspecified atom stereocenters. The Morgan fingerprint density at radius 1 is 1.30 bits per heavy atom. The van der Waals surface area contributed by atoms with Crippen molar-refractivity contribution in [2.45, 2.75) is 11.3 Å². The van der Waals surface area contributed by atoms with E-state index in [2.05, 4.69) is 19.9 Å². The van der Waals surface area contributed by atoms with E-state index in [0.29, 0.717) is 0 Å². The van der Waals surface area contributed by atoms with E-state index in [1.807, 2.05) is 16.8 Å².